The van der Waals surface area contributed by atoms with E-state index in [4.69, 9.17) is 4.74 Å². The molecule has 0 spiro atoms. The van der Waals surface area contributed by atoms with Gasteiger partial charge in [0.15, 0.2) is 12.6 Å². The average molecular weight is 345 g/mol. The largest absolute Gasteiger partial charge is 0.454 e. The standard InChI is InChI=1S/C17H23N5O3/c1-3-14(4-2)19-16(23)11-25-17(24)15(22-12-18-20-21-22)10-13-8-6-5-7-9-13/h5-9,12,14-15H,3-4,10-11H2,1-2H3,(H,19,23)/t15-/m1/s1. The van der Waals surface area contributed by atoms with Gasteiger partial charge in [0.05, 0.1) is 0 Å². The van der Waals surface area contributed by atoms with Gasteiger partial charge in [-0.15, -0.1) is 5.10 Å². The van der Waals surface area contributed by atoms with E-state index in [9.17, 15) is 9.59 Å². The van der Waals surface area contributed by atoms with Crippen LogP contribution in [0.4, 0.5) is 0 Å². The van der Waals surface area contributed by atoms with Crippen molar-refractivity contribution in [3.05, 3.63) is 42.2 Å². The monoisotopic (exact) mass is 345 g/mol. The van der Waals surface area contributed by atoms with Crippen molar-refractivity contribution in [3.8, 4) is 0 Å². The van der Waals surface area contributed by atoms with Gasteiger partial charge in [-0.05, 0) is 28.8 Å². The summed E-state index contributed by atoms with van der Waals surface area (Å²) in [5, 5.41) is 13.8. The summed E-state index contributed by atoms with van der Waals surface area (Å²) in [7, 11) is 0. The second-order valence-corrected chi connectivity index (χ2v) is 5.68. The molecule has 0 aliphatic heterocycles. The molecule has 0 saturated carbocycles. The van der Waals surface area contributed by atoms with E-state index in [2.05, 4.69) is 20.8 Å². The molecule has 0 bridgehead atoms. The van der Waals surface area contributed by atoms with Gasteiger partial charge in [-0.2, -0.15) is 0 Å². The lowest BCUT2D eigenvalue weighted by molar-refractivity contribution is -0.152. The molecule has 8 nitrogen and oxygen atoms in total. The summed E-state index contributed by atoms with van der Waals surface area (Å²) in [5.41, 5.74) is 0.946. The van der Waals surface area contributed by atoms with Crippen LogP contribution in [0, 0.1) is 0 Å². The van der Waals surface area contributed by atoms with Gasteiger partial charge in [-0.25, -0.2) is 9.48 Å². The Hall–Kier alpha value is -2.77. The Morgan fingerprint density at radius 1 is 1.20 bits per heavy atom. The number of carbonyl (C=O) groups excluding carboxylic acids is 2. The van der Waals surface area contributed by atoms with Gasteiger partial charge in [0.1, 0.15) is 6.33 Å². The van der Waals surface area contributed by atoms with Crippen molar-refractivity contribution in [1.82, 2.24) is 25.5 Å². The molecule has 1 N–H and O–H groups in total. The van der Waals surface area contributed by atoms with Crippen molar-refractivity contribution >= 4 is 11.9 Å². The Morgan fingerprint density at radius 3 is 2.52 bits per heavy atom. The van der Waals surface area contributed by atoms with Crippen molar-refractivity contribution in [2.75, 3.05) is 6.61 Å². The van der Waals surface area contributed by atoms with Crippen molar-refractivity contribution in [2.24, 2.45) is 0 Å². The third-order valence-corrected chi connectivity index (χ3v) is 3.92. The second kappa shape index (κ2) is 9.51. The number of ether oxygens (including phenoxy) is 1. The molecule has 2 aromatic rings. The lowest BCUT2D eigenvalue weighted by Gasteiger charge is -2.17. The fraction of sp³-hybridized carbons (Fsp3) is 0.471. The van der Waals surface area contributed by atoms with E-state index in [-0.39, 0.29) is 18.6 Å². The Balaban J connectivity index is 1.98. The van der Waals surface area contributed by atoms with E-state index < -0.39 is 12.0 Å². The fourth-order valence-electron chi connectivity index (χ4n) is 2.43. The Morgan fingerprint density at radius 2 is 1.92 bits per heavy atom. The number of hydrogen-bond acceptors (Lipinski definition) is 6. The molecule has 1 aromatic carbocycles. The maximum Gasteiger partial charge on any atom is 0.331 e. The van der Waals surface area contributed by atoms with E-state index in [1.54, 1.807) is 0 Å². The third-order valence-electron chi connectivity index (χ3n) is 3.92. The van der Waals surface area contributed by atoms with Crippen LogP contribution in [0.2, 0.25) is 0 Å². The molecule has 0 aliphatic rings. The zero-order valence-electron chi connectivity index (χ0n) is 14.5. The number of nitrogens with zero attached hydrogens (tertiary/aromatic N) is 4. The molecular formula is C17H23N5O3. The van der Waals surface area contributed by atoms with Crippen LogP contribution in [0.3, 0.4) is 0 Å². The van der Waals surface area contributed by atoms with Crippen LogP contribution in [0.1, 0.15) is 38.3 Å². The zero-order chi connectivity index (χ0) is 18.1. The van der Waals surface area contributed by atoms with Crippen molar-refractivity contribution < 1.29 is 14.3 Å². The van der Waals surface area contributed by atoms with Gasteiger partial charge in [0.2, 0.25) is 0 Å². The van der Waals surface area contributed by atoms with Gasteiger partial charge in [0.25, 0.3) is 5.91 Å². The van der Waals surface area contributed by atoms with Crippen LogP contribution in [0.5, 0.6) is 0 Å². The second-order valence-electron chi connectivity index (χ2n) is 5.68. The molecule has 0 aliphatic carbocycles. The number of nitrogens with one attached hydrogen (secondary N) is 1. The van der Waals surface area contributed by atoms with Gasteiger partial charge in [0, 0.05) is 12.5 Å². The maximum atomic E-state index is 12.5. The van der Waals surface area contributed by atoms with Gasteiger partial charge in [-0.1, -0.05) is 44.2 Å². The fourth-order valence-corrected chi connectivity index (χ4v) is 2.43. The molecule has 0 fully saturated rings. The molecule has 1 aromatic heterocycles. The predicted molar refractivity (Wildman–Crippen MR) is 90.5 cm³/mol. The van der Waals surface area contributed by atoms with Crippen LogP contribution in [0.25, 0.3) is 0 Å². The van der Waals surface area contributed by atoms with E-state index in [1.165, 1.54) is 11.0 Å². The molecule has 0 radical (unpaired) electrons. The summed E-state index contributed by atoms with van der Waals surface area (Å²) in [6.45, 7) is 3.67. The number of tetrazole rings is 1. The summed E-state index contributed by atoms with van der Waals surface area (Å²) < 4.78 is 6.53. The minimum absolute atomic E-state index is 0.0887. The molecule has 1 atom stereocenters. The highest BCUT2D eigenvalue weighted by molar-refractivity contribution is 5.82. The molecule has 1 amide bonds. The minimum Gasteiger partial charge on any atom is -0.454 e. The number of benzene rings is 1. The Labute approximate surface area is 146 Å². The van der Waals surface area contributed by atoms with Crippen molar-refractivity contribution in [1.29, 1.82) is 0 Å². The van der Waals surface area contributed by atoms with Crippen LogP contribution in [-0.4, -0.2) is 44.7 Å². The average Bonchev–Trinajstić information content (AvgIpc) is 3.17. The molecule has 1 heterocycles. The van der Waals surface area contributed by atoms with Crippen LogP contribution < -0.4 is 5.32 Å². The number of rotatable bonds is 9. The highest BCUT2D eigenvalue weighted by atomic mass is 16.5. The first kappa shape index (κ1) is 18.6. The molecule has 0 unspecified atom stereocenters. The first-order chi connectivity index (χ1) is 12.1. The predicted octanol–water partition coefficient (Wildman–Crippen LogP) is 1.30. The summed E-state index contributed by atoms with van der Waals surface area (Å²) in [6, 6.07) is 8.86. The van der Waals surface area contributed by atoms with Crippen molar-refractivity contribution in [3.63, 3.8) is 0 Å². The highest BCUT2D eigenvalue weighted by Crippen LogP contribution is 2.14. The molecular weight excluding hydrogens is 322 g/mol. The lowest BCUT2D eigenvalue weighted by Crippen LogP contribution is -2.37. The molecule has 2 rings (SSSR count). The van der Waals surface area contributed by atoms with Gasteiger partial charge in [-0.3, -0.25) is 4.79 Å². The van der Waals surface area contributed by atoms with Gasteiger partial charge < -0.3 is 10.1 Å². The number of aromatic nitrogens is 4. The molecule has 0 saturated heterocycles. The lowest BCUT2D eigenvalue weighted by atomic mass is 10.1. The third kappa shape index (κ3) is 5.66. The van der Waals surface area contributed by atoms with Crippen LogP contribution in [0.15, 0.2) is 36.7 Å². The topological polar surface area (TPSA) is 99.0 Å². The first-order valence-corrected chi connectivity index (χ1v) is 8.36. The van der Waals surface area contributed by atoms with E-state index in [0.717, 1.165) is 18.4 Å². The van der Waals surface area contributed by atoms with E-state index in [1.807, 2.05) is 44.2 Å². The number of amides is 1. The van der Waals surface area contributed by atoms with E-state index in [0.29, 0.717) is 6.42 Å². The Bertz CT molecular complexity index is 656. The van der Waals surface area contributed by atoms with Crippen LogP contribution in [-0.2, 0) is 20.7 Å². The van der Waals surface area contributed by atoms with Crippen molar-refractivity contribution in [2.45, 2.75) is 45.2 Å². The number of esters is 1. The maximum absolute atomic E-state index is 12.5. The first-order valence-electron chi connectivity index (χ1n) is 8.36. The summed E-state index contributed by atoms with van der Waals surface area (Å²) in [5.74, 6) is -0.854. The summed E-state index contributed by atoms with van der Waals surface area (Å²) in [6.07, 6.45) is 3.40. The summed E-state index contributed by atoms with van der Waals surface area (Å²) in [4.78, 5) is 24.4. The van der Waals surface area contributed by atoms with E-state index >= 15 is 0 Å². The minimum atomic E-state index is -0.724. The quantitative estimate of drug-likeness (QED) is 0.688. The summed E-state index contributed by atoms with van der Waals surface area (Å²) >= 11 is 0. The number of hydrogen-bond donors (Lipinski definition) is 1. The SMILES string of the molecule is CCC(CC)NC(=O)COC(=O)[C@@H](Cc1ccccc1)n1cnnn1. The highest BCUT2D eigenvalue weighted by Gasteiger charge is 2.25. The molecule has 25 heavy (non-hydrogen) atoms. The Kier molecular flexibility index (Phi) is 7.06. The van der Waals surface area contributed by atoms with Crippen LogP contribution >= 0.6 is 0 Å². The van der Waals surface area contributed by atoms with Gasteiger partial charge >= 0.3 is 5.97 Å². The molecule has 8 heteroatoms. The zero-order valence-corrected chi connectivity index (χ0v) is 14.5. The normalized spacial score (nSPS) is 12.0. The number of carbonyl (C=O) groups is 2. The smallest absolute Gasteiger partial charge is 0.331 e. The molecule has 134 valence electrons.